The van der Waals surface area contributed by atoms with Crippen LogP contribution in [0.1, 0.15) is 50.7 Å². The average molecular weight is 250 g/mol. The monoisotopic (exact) mass is 250 g/mol. The van der Waals surface area contributed by atoms with Gasteiger partial charge in [0.25, 0.3) is 5.69 Å². The standard InChI is InChI=1S/C14H22N2O2/c1-3-5-7-11-9-13(16(17)18)10-12(14(11)15)8-6-4-2/h9-10H,3-8,15H2,1-2H3. The van der Waals surface area contributed by atoms with E-state index in [1.807, 2.05) is 0 Å². The molecule has 1 aromatic rings. The molecule has 0 amide bonds. The fraction of sp³-hybridized carbons (Fsp3) is 0.571. The normalized spacial score (nSPS) is 10.6. The molecule has 0 aliphatic heterocycles. The summed E-state index contributed by atoms with van der Waals surface area (Å²) in [4.78, 5) is 10.6. The Labute approximate surface area is 108 Å². The zero-order valence-electron chi connectivity index (χ0n) is 11.2. The number of nitrogens with zero attached hydrogens (tertiary/aromatic N) is 1. The summed E-state index contributed by atoms with van der Waals surface area (Å²) in [6.07, 6.45) is 5.79. The molecule has 0 aliphatic rings. The molecule has 4 heteroatoms. The molecule has 0 saturated carbocycles. The second-order valence-corrected chi connectivity index (χ2v) is 4.64. The Morgan fingerprint density at radius 1 is 1.11 bits per heavy atom. The van der Waals surface area contributed by atoms with Crippen molar-refractivity contribution in [1.29, 1.82) is 0 Å². The number of hydrogen-bond donors (Lipinski definition) is 1. The quantitative estimate of drug-likeness (QED) is 0.454. The maximum Gasteiger partial charge on any atom is 0.270 e. The van der Waals surface area contributed by atoms with Crippen LogP contribution in [-0.2, 0) is 12.8 Å². The number of nitrogen functional groups attached to an aromatic ring is 1. The maximum atomic E-state index is 10.9. The minimum Gasteiger partial charge on any atom is -0.398 e. The molecule has 0 unspecified atom stereocenters. The molecular formula is C14H22N2O2. The summed E-state index contributed by atoms with van der Waals surface area (Å²) in [5, 5.41) is 10.9. The number of nitrogens with two attached hydrogens (primary N) is 1. The van der Waals surface area contributed by atoms with E-state index in [0.29, 0.717) is 0 Å². The largest absolute Gasteiger partial charge is 0.398 e. The van der Waals surface area contributed by atoms with E-state index in [1.54, 1.807) is 12.1 Å². The van der Waals surface area contributed by atoms with Gasteiger partial charge in [0, 0.05) is 17.8 Å². The molecule has 1 rings (SSSR count). The molecule has 0 fully saturated rings. The van der Waals surface area contributed by atoms with E-state index >= 15 is 0 Å². The molecule has 2 N–H and O–H groups in total. The summed E-state index contributed by atoms with van der Waals surface area (Å²) < 4.78 is 0. The van der Waals surface area contributed by atoms with Crippen LogP contribution in [0.25, 0.3) is 0 Å². The molecule has 0 heterocycles. The van der Waals surface area contributed by atoms with E-state index in [0.717, 1.165) is 55.3 Å². The van der Waals surface area contributed by atoms with Gasteiger partial charge in [0.05, 0.1) is 4.92 Å². The molecule has 0 spiro atoms. The molecule has 4 nitrogen and oxygen atoms in total. The Hall–Kier alpha value is -1.58. The second-order valence-electron chi connectivity index (χ2n) is 4.64. The fourth-order valence-electron chi connectivity index (χ4n) is 2.01. The lowest BCUT2D eigenvalue weighted by molar-refractivity contribution is -0.385. The fourth-order valence-corrected chi connectivity index (χ4v) is 2.01. The number of rotatable bonds is 7. The molecule has 0 aromatic heterocycles. The summed E-state index contributed by atoms with van der Waals surface area (Å²) in [7, 11) is 0. The van der Waals surface area contributed by atoms with Crippen LogP contribution in [-0.4, -0.2) is 4.92 Å². The van der Waals surface area contributed by atoms with Gasteiger partial charge < -0.3 is 5.73 Å². The van der Waals surface area contributed by atoms with Crippen molar-refractivity contribution in [2.45, 2.75) is 52.4 Å². The van der Waals surface area contributed by atoms with Crippen molar-refractivity contribution in [3.8, 4) is 0 Å². The lowest BCUT2D eigenvalue weighted by Crippen LogP contribution is -2.03. The van der Waals surface area contributed by atoms with E-state index in [4.69, 9.17) is 5.73 Å². The van der Waals surface area contributed by atoms with Gasteiger partial charge in [-0.3, -0.25) is 10.1 Å². The first-order chi connectivity index (χ1) is 8.60. The van der Waals surface area contributed by atoms with Crippen LogP contribution in [0.3, 0.4) is 0 Å². The number of hydrogen-bond acceptors (Lipinski definition) is 3. The Morgan fingerprint density at radius 3 is 1.89 bits per heavy atom. The highest BCUT2D eigenvalue weighted by Gasteiger charge is 2.14. The van der Waals surface area contributed by atoms with Gasteiger partial charge in [-0.15, -0.1) is 0 Å². The number of unbranched alkanes of at least 4 members (excludes halogenated alkanes) is 2. The van der Waals surface area contributed by atoms with E-state index in [9.17, 15) is 10.1 Å². The highest BCUT2D eigenvalue weighted by molar-refractivity contribution is 5.59. The first-order valence-electron chi connectivity index (χ1n) is 6.65. The average Bonchev–Trinajstić information content (AvgIpc) is 2.35. The second kappa shape index (κ2) is 6.99. The summed E-state index contributed by atoms with van der Waals surface area (Å²) in [5.41, 5.74) is 8.89. The highest BCUT2D eigenvalue weighted by Crippen LogP contribution is 2.27. The van der Waals surface area contributed by atoms with Gasteiger partial charge in [-0.1, -0.05) is 26.7 Å². The van der Waals surface area contributed by atoms with Crippen molar-refractivity contribution in [1.82, 2.24) is 0 Å². The predicted octanol–water partition coefficient (Wildman–Crippen LogP) is 3.86. The number of anilines is 1. The SMILES string of the molecule is CCCCc1cc([N+](=O)[O-])cc(CCCC)c1N. The van der Waals surface area contributed by atoms with Crippen molar-refractivity contribution in [3.63, 3.8) is 0 Å². The molecule has 0 aliphatic carbocycles. The maximum absolute atomic E-state index is 10.9. The topological polar surface area (TPSA) is 69.2 Å². The number of non-ortho nitro benzene ring substituents is 1. The van der Waals surface area contributed by atoms with Crippen LogP contribution in [0.15, 0.2) is 12.1 Å². The van der Waals surface area contributed by atoms with Gasteiger partial charge in [-0.05, 0) is 36.8 Å². The summed E-state index contributed by atoms with van der Waals surface area (Å²) >= 11 is 0. The molecular weight excluding hydrogens is 228 g/mol. The molecule has 100 valence electrons. The van der Waals surface area contributed by atoms with Gasteiger partial charge in [-0.2, -0.15) is 0 Å². The Morgan fingerprint density at radius 2 is 1.56 bits per heavy atom. The zero-order chi connectivity index (χ0) is 13.5. The van der Waals surface area contributed by atoms with Gasteiger partial charge in [0.1, 0.15) is 0 Å². The number of benzene rings is 1. The molecule has 0 bridgehead atoms. The minimum absolute atomic E-state index is 0.168. The van der Waals surface area contributed by atoms with E-state index in [1.165, 1.54) is 0 Å². The molecule has 1 aromatic carbocycles. The van der Waals surface area contributed by atoms with Gasteiger partial charge >= 0.3 is 0 Å². The van der Waals surface area contributed by atoms with Crippen LogP contribution >= 0.6 is 0 Å². The van der Waals surface area contributed by atoms with Crippen LogP contribution in [0, 0.1) is 10.1 Å². The zero-order valence-corrected chi connectivity index (χ0v) is 11.2. The first-order valence-corrected chi connectivity index (χ1v) is 6.65. The van der Waals surface area contributed by atoms with Crippen LogP contribution in [0.5, 0.6) is 0 Å². The summed E-state index contributed by atoms with van der Waals surface area (Å²) in [5.74, 6) is 0. The molecule has 0 radical (unpaired) electrons. The third-order valence-electron chi connectivity index (χ3n) is 3.15. The van der Waals surface area contributed by atoms with Crippen LogP contribution < -0.4 is 5.73 Å². The predicted molar refractivity (Wildman–Crippen MR) is 74.7 cm³/mol. The third-order valence-corrected chi connectivity index (χ3v) is 3.15. The van der Waals surface area contributed by atoms with Crippen molar-refractivity contribution in [3.05, 3.63) is 33.4 Å². The minimum atomic E-state index is -0.329. The summed E-state index contributed by atoms with van der Waals surface area (Å²) in [6, 6.07) is 3.25. The Balaban J connectivity index is 3.07. The smallest absolute Gasteiger partial charge is 0.270 e. The van der Waals surface area contributed by atoms with Crippen molar-refractivity contribution in [2.75, 3.05) is 5.73 Å². The number of nitro benzene ring substituents is 1. The van der Waals surface area contributed by atoms with Crippen molar-refractivity contribution >= 4 is 11.4 Å². The van der Waals surface area contributed by atoms with E-state index in [-0.39, 0.29) is 10.6 Å². The van der Waals surface area contributed by atoms with Crippen LogP contribution in [0.2, 0.25) is 0 Å². The number of aryl methyl sites for hydroxylation is 2. The van der Waals surface area contributed by atoms with Gasteiger partial charge in [-0.25, -0.2) is 0 Å². The lowest BCUT2D eigenvalue weighted by Gasteiger charge is -2.11. The highest BCUT2D eigenvalue weighted by atomic mass is 16.6. The van der Waals surface area contributed by atoms with Gasteiger partial charge in [0.15, 0.2) is 0 Å². The molecule has 18 heavy (non-hydrogen) atoms. The Kier molecular flexibility index (Phi) is 5.62. The Bertz CT molecular complexity index is 387. The van der Waals surface area contributed by atoms with Crippen molar-refractivity contribution < 1.29 is 4.92 Å². The molecule has 0 saturated heterocycles. The van der Waals surface area contributed by atoms with Crippen LogP contribution in [0.4, 0.5) is 11.4 Å². The van der Waals surface area contributed by atoms with E-state index in [2.05, 4.69) is 13.8 Å². The molecule has 0 atom stereocenters. The third kappa shape index (κ3) is 3.72. The van der Waals surface area contributed by atoms with Gasteiger partial charge in [0.2, 0.25) is 0 Å². The van der Waals surface area contributed by atoms with E-state index < -0.39 is 0 Å². The van der Waals surface area contributed by atoms with Crippen molar-refractivity contribution in [2.24, 2.45) is 0 Å². The first kappa shape index (κ1) is 14.5. The lowest BCUT2D eigenvalue weighted by atomic mass is 9.98. The number of nitro groups is 1. The summed E-state index contributed by atoms with van der Waals surface area (Å²) in [6.45, 7) is 4.21.